The molecule has 6 N–H and O–H groups in total. The van der Waals surface area contributed by atoms with E-state index < -0.39 is 106 Å². The van der Waals surface area contributed by atoms with Crippen LogP contribution in [0.1, 0.15) is 18.9 Å². The molecule has 6 heterocycles. The van der Waals surface area contributed by atoms with Crippen LogP contribution in [0.5, 0.6) is 0 Å². The molecule has 3 fully saturated rings. The average Bonchev–Trinajstić information content (AvgIpc) is 3.83. The number of hydrogen-bond acceptors (Lipinski definition) is 20. The predicted molar refractivity (Wildman–Crippen MR) is 191 cm³/mol. The number of nitrogen functional groups attached to an aromatic ring is 1. The van der Waals surface area contributed by atoms with E-state index in [0.29, 0.717) is 42.1 Å². The van der Waals surface area contributed by atoms with Crippen LogP contribution in [0.2, 0.25) is 0 Å². The van der Waals surface area contributed by atoms with Gasteiger partial charge in [0.15, 0.2) is 42.0 Å². The van der Waals surface area contributed by atoms with Crippen molar-refractivity contribution in [2.24, 2.45) is 5.73 Å². The van der Waals surface area contributed by atoms with Gasteiger partial charge in [-0.15, -0.1) is 0 Å². The zero-order valence-electron chi connectivity index (χ0n) is 29.8. The molecule has 28 heteroatoms. The van der Waals surface area contributed by atoms with Crippen molar-refractivity contribution in [3.05, 3.63) is 45.8 Å². The molecule has 0 saturated carbocycles. The molecule has 0 aliphatic carbocycles. The van der Waals surface area contributed by atoms with E-state index in [1.165, 1.54) is 0 Å². The number of carbonyl (C=O) groups excluding carboxylic acids is 1. The molecule has 3 aromatic heterocycles. The van der Waals surface area contributed by atoms with Crippen LogP contribution >= 0.6 is 26.0 Å². The third kappa shape index (κ3) is 10.8. The standard InChI is InChI=1S/C29H40F2N8O15P2S/c30-20-23-18(52-28(20)39-15-36-22-25(33)34-14-35-26(22)39)12-50-56(45,57-13-16(40)10-48-9-8-47-7-6-46-5-1-3-32)54-24-17(11-49-55(43,44)53-23)51-27(21(24)31)38-4-2-19(41)37-29(38)42/h2,4,14-15,17-18,20-21,23-24,27-28H,1,3,5-13,32H2,(H,43,44)(H2,33,34,35)(H,37,41,42)/t17-,18-,20-,21-,23-,24-,27-,28-,56?/m1/s1. The summed E-state index contributed by atoms with van der Waals surface area (Å²) >= 11 is 0.335. The molecule has 3 aliphatic rings. The number of alkyl halides is 2. The van der Waals surface area contributed by atoms with Crippen molar-refractivity contribution in [2.75, 3.05) is 70.9 Å². The van der Waals surface area contributed by atoms with Crippen LogP contribution < -0.4 is 22.7 Å². The van der Waals surface area contributed by atoms with Crippen LogP contribution in [0, 0.1) is 0 Å². The number of nitrogens with one attached hydrogen (secondary N) is 1. The molecule has 3 aromatic rings. The number of nitrogens with zero attached hydrogens (tertiary/aromatic N) is 5. The number of ketones is 1. The minimum Gasteiger partial charge on any atom is -0.382 e. The number of fused-ring (bicyclic) bond motifs is 3. The van der Waals surface area contributed by atoms with Crippen LogP contribution in [0.25, 0.3) is 11.2 Å². The number of Topliss-reactive ketones (excluding diaryl/α,β-unsaturated/α-hetero) is 1. The summed E-state index contributed by atoms with van der Waals surface area (Å²) in [6.45, 7) is -5.21. The number of aromatic nitrogens is 6. The summed E-state index contributed by atoms with van der Waals surface area (Å²) in [6.07, 6.45) is -11.4. The molecule has 0 radical (unpaired) electrons. The summed E-state index contributed by atoms with van der Waals surface area (Å²) in [4.78, 5) is 61.6. The molecule has 0 bridgehead atoms. The van der Waals surface area contributed by atoms with Crippen molar-refractivity contribution in [1.29, 1.82) is 0 Å². The Hall–Kier alpha value is -3.07. The third-order valence-electron chi connectivity index (χ3n) is 8.51. The molecule has 10 atom stereocenters. The number of phosphoric ester groups is 1. The highest BCUT2D eigenvalue weighted by Crippen LogP contribution is 2.64. The van der Waals surface area contributed by atoms with E-state index in [-0.39, 0.29) is 36.8 Å². The van der Waals surface area contributed by atoms with Crippen molar-refractivity contribution in [3.8, 4) is 0 Å². The second kappa shape index (κ2) is 19.3. The quantitative estimate of drug-likeness (QED) is 0.110. The number of anilines is 1. The Morgan fingerprint density at radius 1 is 0.947 bits per heavy atom. The van der Waals surface area contributed by atoms with Crippen molar-refractivity contribution in [2.45, 2.75) is 55.6 Å². The fourth-order valence-corrected chi connectivity index (χ4v) is 10.0. The number of phosphoric acid groups is 1. The Morgan fingerprint density at radius 2 is 1.60 bits per heavy atom. The van der Waals surface area contributed by atoms with E-state index in [9.17, 15) is 28.4 Å². The molecular weight excluding hydrogens is 832 g/mol. The van der Waals surface area contributed by atoms with Gasteiger partial charge in [-0.05, 0) is 24.3 Å². The molecule has 0 spiro atoms. The minimum atomic E-state index is -5.24. The highest BCUT2D eigenvalue weighted by Gasteiger charge is 2.55. The van der Waals surface area contributed by atoms with Crippen molar-refractivity contribution < 1.29 is 69.4 Å². The predicted octanol–water partition coefficient (Wildman–Crippen LogP) is 0.156. The monoisotopic (exact) mass is 872 g/mol. The maximum absolute atomic E-state index is 16.3. The maximum Gasteiger partial charge on any atom is 0.472 e. The van der Waals surface area contributed by atoms with Crippen molar-refractivity contribution in [3.63, 3.8) is 0 Å². The summed E-state index contributed by atoms with van der Waals surface area (Å²) in [6, 6.07) is 0.909. The molecule has 6 rings (SSSR count). The van der Waals surface area contributed by atoms with Gasteiger partial charge in [0.05, 0.1) is 51.7 Å². The Kier molecular flexibility index (Phi) is 14.8. The van der Waals surface area contributed by atoms with E-state index >= 15 is 8.78 Å². The molecular formula is C29H40F2N8O15P2S. The Balaban J connectivity index is 1.19. The van der Waals surface area contributed by atoms with E-state index in [4.69, 9.17) is 53.2 Å². The topological polar surface area (TPSA) is 305 Å². The number of hydrogen-bond donors (Lipinski definition) is 4. The second-order valence-corrected chi connectivity index (χ2v) is 17.9. The van der Waals surface area contributed by atoms with Crippen LogP contribution in [0.15, 0.2) is 34.5 Å². The smallest absolute Gasteiger partial charge is 0.382 e. The van der Waals surface area contributed by atoms with Gasteiger partial charge in [-0.2, -0.15) is 0 Å². The Bertz CT molecular complexity index is 2070. The summed E-state index contributed by atoms with van der Waals surface area (Å²) in [5.41, 5.74) is 9.52. The highest BCUT2D eigenvalue weighted by molar-refractivity contribution is 8.55. The molecule has 0 aromatic carbocycles. The van der Waals surface area contributed by atoms with Gasteiger partial charge in [-0.25, -0.2) is 37.7 Å². The number of carbonyl (C=O) groups is 1. The van der Waals surface area contributed by atoms with Gasteiger partial charge < -0.3 is 40.0 Å². The summed E-state index contributed by atoms with van der Waals surface area (Å²) < 4.78 is 111. The number of rotatable bonds is 16. The van der Waals surface area contributed by atoms with Crippen LogP contribution in [0.3, 0.4) is 0 Å². The molecule has 3 aliphatic heterocycles. The van der Waals surface area contributed by atoms with Crippen molar-refractivity contribution in [1.82, 2.24) is 29.1 Å². The van der Waals surface area contributed by atoms with E-state index in [0.717, 1.165) is 29.5 Å². The number of H-pyrrole nitrogens is 1. The number of aromatic amines is 1. The molecule has 3 saturated heterocycles. The number of nitrogens with two attached hydrogens (primary N) is 2. The minimum absolute atomic E-state index is 0.0266. The van der Waals surface area contributed by atoms with E-state index in [2.05, 4.69) is 15.0 Å². The molecule has 316 valence electrons. The average molecular weight is 873 g/mol. The lowest BCUT2D eigenvalue weighted by molar-refractivity contribution is -0.121. The number of ether oxygens (including phenoxy) is 5. The summed E-state index contributed by atoms with van der Waals surface area (Å²) in [5.74, 6) is -1.18. The first kappa shape index (κ1) is 43.5. The largest absolute Gasteiger partial charge is 0.472 e. The second-order valence-electron chi connectivity index (χ2n) is 12.5. The van der Waals surface area contributed by atoms with Gasteiger partial charge in [0.1, 0.15) is 42.9 Å². The first-order chi connectivity index (χ1) is 27.3. The molecule has 0 amide bonds. The van der Waals surface area contributed by atoms with Gasteiger partial charge in [0.2, 0.25) is 0 Å². The van der Waals surface area contributed by atoms with Crippen molar-refractivity contribution >= 4 is 48.8 Å². The summed E-state index contributed by atoms with van der Waals surface area (Å²) in [7, 11) is -5.24. The van der Waals surface area contributed by atoms with Gasteiger partial charge in [-0.1, -0.05) is 0 Å². The van der Waals surface area contributed by atoms with Gasteiger partial charge in [0.25, 0.3) is 5.56 Å². The molecule has 57 heavy (non-hydrogen) atoms. The highest BCUT2D eigenvalue weighted by atomic mass is 32.7. The lowest BCUT2D eigenvalue weighted by atomic mass is 10.1. The molecule has 23 nitrogen and oxygen atoms in total. The first-order valence-electron chi connectivity index (χ1n) is 17.3. The third-order valence-corrected chi connectivity index (χ3v) is 13.1. The van der Waals surface area contributed by atoms with Gasteiger partial charge >= 0.3 is 20.3 Å². The van der Waals surface area contributed by atoms with Crippen LogP contribution in [-0.4, -0.2) is 142 Å². The fraction of sp³-hybridized carbons (Fsp3) is 0.655. The van der Waals surface area contributed by atoms with E-state index in [1.54, 1.807) is 0 Å². The maximum atomic E-state index is 16.3. The number of halogens is 2. The SMILES string of the molecule is NCCCOCCOCCOCC(=O)CSP1(=O)OC[C@H]2O[C@@H](n3cnc4c(N)ncnc43)[C@H](F)[C@@H]2OP(=O)(O)OC[C@H]2O[C@@H](n3ccc(=O)[nH]c3=O)[C@H](F)[C@@H]2O1. The molecule has 2 unspecified atom stereocenters. The van der Waals surface area contributed by atoms with E-state index in [1.807, 2.05) is 4.98 Å². The Labute approximate surface area is 324 Å². The normalized spacial score (nSPS) is 32.1. The summed E-state index contributed by atoms with van der Waals surface area (Å²) in [5, 5.41) is 0. The first-order valence-corrected chi connectivity index (χ1v) is 21.9. The Morgan fingerprint density at radius 3 is 2.30 bits per heavy atom. The number of imidazole rings is 1. The van der Waals surface area contributed by atoms with Crippen LogP contribution in [-0.2, 0) is 55.7 Å². The lowest BCUT2D eigenvalue weighted by Crippen LogP contribution is -2.38. The van der Waals surface area contributed by atoms with Gasteiger partial charge in [0, 0.05) is 18.9 Å². The fourth-order valence-electron chi connectivity index (χ4n) is 5.81. The zero-order valence-corrected chi connectivity index (χ0v) is 32.4. The van der Waals surface area contributed by atoms with Gasteiger partial charge in [-0.3, -0.25) is 41.8 Å². The van der Waals surface area contributed by atoms with Crippen LogP contribution in [0.4, 0.5) is 14.6 Å². The lowest BCUT2D eigenvalue weighted by Gasteiger charge is -2.29. The zero-order chi connectivity index (χ0) is 40.7.